The number of rotatable bonds is 6. The van der Waals surface area contributed by atoms with Gasteiger partial charge in [0.25, 0.3) is 0 Å². The Morgan fingerprint density at radius 3 is 2.43 bits per heavy atom. The number of aromatic nitrogens is 2. The van der Waals surface area contributed by atoms with Crippen LogP contribution in [0.1, 0.15) is 60.2 Å². The second-order valence-corrected chi connectivity index (χ2v) is 9.43. The van der Waals surface area contributed by atoms with Gasteiger partial charge in [-0.25, -0.2) is 9.97 Å². The van der Waals surface area contributed by atoms with E-state index in [1.807, 2.05) is 12.3 Å². The molecule has 0 saturated heterocycles. The van der Waals surface area contributed by atoms with Crippen molar-refractivity contribution in [1.82, 2.24) is 15.3 Å². The van der Waals surface area contributed by atoms with Gasteiger partial charge in [0.2, 0.25) is 5.95 Å². The van der Waals surface area contributed by atoms with Gasteiger partial charge < -0.3 is 16.4 Å². The van der Waals surface area contributed by atoms with Crippen LogP contribution in [0.4, 0.5) is 5.95 Å². The molecule has 4 rings (SSSR count). The quantitative estimate of drug-likeness (QED) is 0.353. The number of anilines is 1. The predicted octanol–water partition coefficient (Wildman–Crippen LogP) is 6.73. The smallest absolute Gasteiger partial charge is 0.223 e. The van der Waals surface area contributed by atoms with Gasteiger partial charge in [-0.3, -0.25) is 0 Å². The van der Waals surface area contributed by atoms with Crippen LogP contribution in [-0.2, 0) is 6.54 Å². The highest BCUT2D eigenvalue weighted by atomic mass is 15.1. The molecule has 3 aromatic rings. The highest BCUT2D eigenvalue weighted by Gasteiger charge is 2.14. The number of hydrogen-bond donors (Lipinski definition) is 3. The molecule has 0 bridgehead atoms. The lowest BCUT2D eigenvalue weighted by molar-refractivity contribution is 0.969. The van der Waals surface area contributed by atoms with Crippen LogP contribution < -0.4 is 16.4 Å². The fraction of sp³-hybridized carbons (Fsp3) is 0.312. The van der Waals surface area contributed by atoms with Crippen molar-refractivity contribution in [2.75, 3.05) is 18.4 Å². The van der Waals surface area contributed by atoms with Crippen molar-refractivity contribution in [1.29, 1.82) is 0 Å². The molecular formula is C32H41N5. The Bertz CT molecular complexity index is 1250. The van der Waals surface area contributed by atoms with Crippen molar-refractivity contribution >= 4 is 17.2 Å². The summed E-state index contributed by atoms with van der Waals surface area (Å²) < 4.78 is 0. The summed E-state index contributed by atoms with van der Waals surface area (Å²) in [5, 5.41) is 7.00. The van der Waals surface area contributed by atoms with E-state index in [2.05, 4.69) is 111 Å². The van der Waals surface area contributed by atoms with Crippen LogP contribution in [0.2, 0.25) is 0 Å². The third-order valence-electron chi connectivity index (χ3n) is 6.17. The lowest BCUT2D eigenvalue weighted by Gasteiger charge is -2.17. The molecule has 1 aliphatic rings. The van der Waals surface area contributed by atoms with Gasteiger partial charge in [-0.1, -0.05) is 86.5 Å². The Labute approximate surface area is 222 Å². The molecule has 0 amide bonds. The Kier molecular flexibility index (Phi) is 10.7. The predicted molar refractivity (Wildman–Crippen MR) is 158 cm³/mol. The highest BCUT2D eigenvalue weighted by Crippen LogP contribution is 2.28. The zero-order valence-corrected chi connectivity index (χ0v) is 22.9. The van der Waals surface area contributed by atoms with Gasteiger partial charge in [-0.15, -0.1) is 0 Å². The summed E-state index contributed by atoms with van der Waals surface area (Å²) in [5.74, 6) is 0.613. The molecule has 0 saturated carbocycles. The number of nitrogens with two attached hydrogens (primary N) is 1. The van der Waals surface area contributed by atoms with Gasteiger partial charge in [-0.2, -0.15) is 0 Å². The molecule has 4 N–H and O–H groups in total. The molecule has 0 spiro atoms. The van der Waals surface area contributed by atoms with E-state index in [0.29, 0.717) is 25.6 Å². The zero-order chi connectivity index (χ0) is 26.6. The fourth-order valence-electron chi connectivity index (χ4n) is 3.98. The van der Waals surface area contributed by atoms with Crippen LogP contribution in [0, 0.1) is 20.8 Å². The minimum Gasteiger partial charge on any atom is -0.380 e. The van der Waals surface area contributed by atoms with E-state index in [1.165, 1.54) is 39.8 Å². The molecule has 0 fully saturated rings. The van der Waals surface area contributed by atoms with Crippen molar-refractivity contribution in [3.8, 4) is 0 Å². The third kappa shape index (κ3) is 8.16. The molecule has 194 valence electrons. The average Bonchev–Trinajstić information content (AvgIpc) is 3.01. The van der Waals surface area contributed by atoms with Crippen LogP contribution in [0.3, 0.4) is 0 Å². The van der Waals surface area contributed by atoms with Crippen LogP contribution in [0.25, 0.3) is 11.3 Å². The van der Waals surface area contributed by atoms with Gasteiger partial charge in [0.1, 0.15) is 0 Å². The Balaban J connectivity index is 0.00000121. The molecule has 0 unspecified atom stereocenters. The number of nitrogens with one attached hydrogen (secondary N) is 2. The summed E-state index contributed by atoms with van der Waals surface area (Å²) in [5.41, 5.74) is 16.3. The summed E-state index contributed by atoms with van der Waals surface area (Å²) in [4.78, 5) is 9.34. The first-order chi connectivity index (χ1) is 17.9. The number of nitrogens with zero attached hydrogens (tertiary/aromatic N) is 2. The lowest BCUT2D eigenvalue weighted by Crippen LogP contribution is -2.17. The maximum absolute atomic E-state index is 5.91. The Hall–Kier alpha value is -3.70. The number of hydrogen-bond acceptors (Lipinski definition) is 5. The molecule has 0 radical (unpaired) electrons. The maximum atomic E-state index is 5.91. The van der Waals surface area contributed by atoms with E-state index in [0.717, 1.165) is 23.4 Å². The Morgan fingerprint density at radius 1 is 0.973 bits per heavy atom. The van der Waals surface area contributed by atoms with Gasteiger partial charge in [0.15, 0.2) is 0 Å². The van der Waals surface area contributed by atoms with Crippen LogP contribution >= 0.6 is 0 Å². The molecule has 2 aromatic carbocycles. The summed E-state index contributed by atoms with van der Waals surface area (Å²) in [7, 11) is 0. The molecule has 5 nitrogen and oxygen atoms in total. The van der Waals surface area contributed by atoms with Crippen molar-refractivity contribution in [2.24, 2.45) is 5.73 Å². The van der Waals surface area contributed by atoms with E-state index >= 15 is 0 Å². The summed E-state index contributed by atoms with van der Waals surface area (Å²) >= 11 is 0. The van der Waals surface area contributed by atoms with Gasteiger partial charge in [-0.05, 0) is 66.7 Å². The van der Waals surface area contributed by atoms with E-state index in [4.69, 9.17) is 10.7 Å². The van der Waals surface area contributed by atoms with Crippen molar-refractivity contribution in [3.05, 3.63) is 112 Å². The summed E-state index contributed by atoms with van der Waals surface area (Å²) in [6, 6.07) is 17.1. The molecule has 0 atom stereocenters. The largest absolute Gasteiger partial charge is 0.380 e. The topological polar surface area (TPSA) is 75.9 Å². The second kappa shape index (κ2) is 14.1. The number of aryl methyl sites for hydroxylation is 3. The molecular weight excluding hydrogens is 454 g/mol. The fourth-order valence-corrected chi connectivity index (χ4v) is 3.98. The normalized spacial score (nSPS) is 17.6. The van der Waals surface area contributed by atoms with Crippen molar-refractivity contribution < 1.29 is 0 Å². The second-order valence-electron chi connectivity index (χ2n) is 9.43. The standard InChI is InChI=1S/C29H33N5.C3H8/c1-20-7-11-25(12-8-20)26-6-4-5-23(18-30)13-15-31-28(26)27-14-16-32-29(34-27)33-19-24-10-9-21(2)22(3)17-24;1-3-2/h4-5,7-14,16-17,31H,6,15,18-19,30H2,1-3H3,(H,32,33,34);3H2,1-2H3/b5-4-,23-13+,28-26+;. The molecule has 2 heterocycles. The number of allylic oxidation sites excluding steroid dienone is 2. The maximum Gasteiger partial charge on any atom is 0.223 e. The SMILES string of the molecule is CCC.Cc1ccc(/C2=C(\c3ccnc(NCc4ccc(C)c(C)c4)n3)NC/C=C(CN)\C=C/C2)cc1. The van der Waals surface area contributed by atoms with E-state index in [-0.39, 0.29) is 0 Å². The van der Waals surface area contributed by atoms with Gasteiger partial charge in [0.05, 0.1) is 11.4 Å². The van der Waals surface area contributed by atoms with Crippen LogP contribution in [0.15, 0.2) is 78.5 Å². The van der Waals surface area contributed by atoms with Crippen LogP contribution in [0.5, 0.6) is 0 Å². The number of benzene rings is 2. The van der Waals surface area contributed by atoms with E-state index in [1.54, 1.807) is 0 Å². The highest BCUT2D eigenvalue weighted by molar-refractivity contribution is 5.89. The minimum atomic E-state index is 0.521. The molecule has 37 heavy (non-hydrogen) atoms. The van der Waals surface area contributed by atoms with Gasteiger partial charge in [0, 0.05) is 25.8 Å². The first-order valence-corrected chi connectivity index (χ1v) is 13.2. The van der Waals surface area contributed by atoms with E-state index in [9.17, 15) is 0 Å². The van der Waals surface area contributed by atoms with Gasteiger partial charge >= 0.3 is 0 Å². The molecule has 0 aliphatic carbocycles. The minimum absolute atomic E-state index is 0.521. The van der Waals surface area contributed by atoms with Crippen molar-refractivity contribution in [2.45, 2.75) is 54.0 Å². The molecule has 1 aliphatic heterocycles. The van der Waals surface area contributed by atoms with Crippen molar-refractivity contribution in [3.63, 3.8) is 0 Å². The monoisotopic (exact) mass is 495 g/mol. The molecule has 5 heteroatoms. The average molecular weight is 496 g/mol. The first kappa shape index (κ1) is 27.9. The summed E-state index contributed by atoms with van der Waals surface area (Å²) in [6.45, 7) is 12.5. The first-order valence-electron chi connectivity index (χ1n) is 13.2. The lowest BCUT2D eigenvalue weighted by atomic mass is 9.97. The van der Waals surface area contributed by atoms with E-state index < -0.39 is 0 Å². The van der Waals surface area contributed by atoms with Crippen LogP contribution in [-0.4, -0.2) is 23.1 Å². The summed E-state index contributed by atoms with van der Waals surface area (Å²) in [6.07, 6.45) is 10.3. The third-order valence-corrected chi connectivity index (χ3v) is 6.17. The molecule has 1 aromatic heterocycles. The zero-order valence-electron chi connectivity index (χ0n) is 22.9. The Morgan fingerprint density at radius 2 is 1.73 bits per heavy atom.